The number of ether oxygens (including phenoxy) is 1. The van der Waals surface area contributed by atoms with Crippen molar-refractivity contribution in [3.8, 4) is 5.75 Å². The zero-order valence-corrected chi connectivity index (χ0v) is 18.4. The number of nitrogens with zero attached hydrogens (tertiary/aromatic N) is 1. The first kappa shape index (κ1) is 20.8. The fourth-order valence-corrected chi connectivity index (χ4v) is 4.73. The molecule has 1 N–H and O–H groups in total. The molecule has 5 rings (SSSR count). The lowest BCUT2D eigenvalue weighted by molar-refractivity contribution is 0.102. The standard InChI is InChI=1S/C28H30N2O2/c31-28(29-25-13-15-27(16-14-25)32-26-7-3-4-8-26)23-11-9-21(10-12-23)19-30-18-17-22-5-1-2-6-24(22)20-30/h1-2,5-6,9-16,26H,3-4,7-8,17-20H2,(H,29,31). The van der Waals surface area contributed by atoms with Gasteiger partial charge in [0.05, 0.1) is 6.10 Å². The highest BCUT2D eigenvalue weighted by Gasteiger charge is 2.17. The Hall–Kier alpha value is -3.11. The average molecular weight is 427 g/mol. The first-order valence-corrected chi connectivity index (χ1v) is 11.7. The summed E-state index contributed by atoms with van der Waals surface area (Å²) in [6.45, 7) is 2.96. The molecule has 1 aliphatic carbocycles. The Balaban J connectivity index is 1.15. The van der Waals surface area contributed by atoms with Crippen LogP contribution in [0.2, 0.25) is 0 Å². The SMILES string of the molecule is O=C(Nc1ccc(OC2CCCC2)cc1)c1ccc(CN2CCc3ccccc3C2)cc1. The number of rotatable bonds is 6. The van der Waals surface area contributed by atoms with Gasteiger partial charge in [0.15, 0.2) is 0 Å². The zero-order valence-electron chi connectivity index (χ0n) is 18.4. The predicted molar refractivity (Wildman–Crippen MR) is 128 cm³/mol. The van der Waals surface area contributed by atoms with Crippen LogP contribution in [0.15, 0.2) is 72.8 Å². The maximum Gasteiger partial charge on any atom is 0.255 e. The summed E-state index contributed by atoms with van der Waals surface area (Å²) in [5.74, 6) is 0.785. The number of hydrogen-bond donors (Lipinski definition) is 1. The summed E-state index contributed by atoms with van der Waals surface area (Å²) in [6.07, 6.45) is 6.22. The van der Waals surface area contributed by atoms with E-state index >= 15 is 0 Å². The number of fused-ring (bicyclic) bond motifs is 1. The summed E-state index contributed by atoms with van der Waals surface area (Å²) < 4.78 is 6.00. The third-order valence-corrected chi connectivity index (χ3v) is 6.55. The van der Waals surface area contributed by atoms with Crippen molar-refractivity contribution < 1.29 is 9.53 Å². The summed E-state index contributed by atoms with van der Waals surface area (Å²) >= 11 is 0. The number of carbonyl (C=O) groups excluding carboxylic acids is 1. The van der Waals surface area contributed by atoms with Crippen LogP contribution in [0, 0.1) is 0 Å². The second kappa shape index (κ2) is 9.58. The lowest BCUT2D eigenvalue weighted by Crippen LogP contribution is -2.29. The Morgan fingerprint density at radius 3 is 2.38 bits per heavy atom. The lowest BCUT2D eigenvalue weighted by Gasteiger charge is -2.28. The minimum absolute atomic E-state index is 0.0899. The first-order valence-electron chi connectivity index (χ1n) is 11.7. The van der Waals surface area contributed by atoms with Gasteiger partial charge in [0.25, 0.3) is 5.91 Å². The quantitative estimate of drug-likeness (QED) is 0.540. The Kier molecular flexibility index (Phi) is 6.22. The second-order valence-corrected chi connectivity index (χ2v) is 8.93. The molecular weight excluding hydrogens is 396 g/mol. The van der Waals surface area contributed by atoms with Gasteiger partial charge in [0.1, 0.15) is 5.75 Å². The summed E-state index contributed by atoms with van der Waals surface area (Å²) in [5.41, 5.74) is 5.58. The molecule has 3 aromatic carbocycles. The normalized spacial score (nSPS) is 16.5. The molecule has 0 aromatic heterocycles. The molecule has 0 atom stereocenters. The van der Waals surface area contributed by atoms with Crippen LogP contribution in [0.25, 0.3) is 0 Å². The van der Waals surface area contributed by atoms with Crippen molar-refractivity contribution in [2.75, 3.05) is 11.9 Å². The van der Waals surface area contributed by atoms with Crippen molar-refractivity contribution >= 4 is 11.6 Å². The van der Waals surface area contributed by atoms with Crippen molar-refractivity contribution in [2.45, 2.75) is 51.3 Å². The molecule has 0 radical (unpaired) electrons. The number of amides is 1. The van der Waals surface area contributed by atoms with E-state index in [0.29, 0.717) is 11.7 Å². The third kappa shape index (κ3) is 5.03. The molecular formula is C28H30N2O2. The van der Waals surface area contributed by atoms with Gasteiger partial charge in [0, 0.05) is 30.9 Å². The molecule has 0 bridgehead atoms. The van der Waals surface area contributed by atoms with E-state index in [0.717, 1.165) is 50.3 Å². The Morgan fingerprint density at radius 2 is 1.62 bits per heavy atom. The molecule has 4 heteroatoms. The van der Waals surface area contributed by atoms with E-state index in [9.17, 15) is 4.79 Å². The van der Waals surface area contributed by atoms with Gasteiger partial charge in [-0.15, -0.1) is 0 Å². The van der Waals surface area contributed by atoms with Crippen LogP contribution >= 0.6 is 0 Å². The lowest BCUT2D eigenvalue weighted by atomic mass is 9.99. The molecule has 0 saturated heterocycles. The van der Waals surface area contributed by atoms with E-state index in [4.69, 9.17) is 4.74 Å². The highest BCUT2D eigenvalue weighted by Crippen LogP contribution is 2.25. The summed E-state index contributed by atoms with van der Waals surface area (Å²) in [6, 6.07) is 24.3. The maximum atomic E-state index is 12.7. The van der Waals surface area contributed by atoms with Crippen LogP contribution in [0.5, 0.6) is 5.75 Å². The van der Waals surface area contributed by atoms with Crippen LogP contribution in [-0.2, 0) is 19.5 Å². The van der Waals surface area contributed by atoms with E-state index in [1.807, 2.05) is 36.4 Å². The molecule has 2 aliphatic rings. The van der Waals surface area contributed by atoms with E-state index in [1.165, 1.54) is 29.5 Å². The number of benzene rings is 3. The third-order valence-electron chi connectivity index (χ3n) is 6.55. The Labute approximate surface area is 190 Å². The van der Waals surface area contributed by atoms with E-state index in [1.54, 1.807) is 0 Å². The Morgan fingerprint density at radius 1 is 0.906 bits per heavy atom. The second-order valence-electron chi connectivity index (χ2n) is 8.93. The van der Waals surface area contributed by atoms with E-state index in [2.05, 4.69) is 46.6 Å². The Bertz CT molecular complexity index is 1050. The van der Waals surface area contributed by atoms with Crippen molar-refractivity contribution in [3.63, 3.8) is 0 Å². The molecule has 1 fully saturated rings. The molecule has 4 nitrogen and oxygen atoms in total. The van der Waals surface area contributed by atoms with Crippen molar-refractivity contribution in [1.82, 2.24) is 4.90 Å². The summed E-state index contributed by atoms with van der Waals surface area (Å²) in [7, 11) is 0. The molecule has 0 spiro atoms. The highest BCUT2D eigenvalue weighted by atomic mass is 16.5. The minimum Gasteiger partial charge on any atom is -0.490 e. The van der Waals surface area contributed by atoms with Gasteiger partial charge in [-0.2, -0.15) is 0 Å². The molecule has 1 aliphatic heterocycles. The molecule has 1 amide bonds. The molecule has 1 saturated carbocycles. The van der Waals surface area contributed by atoms with Crippen molar-refractivity contribution in [3.05, 3.63) is 95.1 Å². The van der Waals surface area contributed by atoms with Gasteiger partial charge >= 0.3 is 0 Å². The highest BCUT2D eigenvalue weighted by molar-refractivity contribution is 6.04. The molecule has 3 aromatic rings. The largest absolute Gasteiger partial charge is 0.490 e. The molecule has 164 valence electrons. The van der Waals surface area contributed by atoms with Gasteiger partial charge in [-0.3, -0.25) is 9.69 Å². The number of anilines is 1. The van der Waals surface area contributed by atoms with Crippen molar-refractivity contribution in [1.29, 1.82) is 0 Å². The van der Waals surface area contributed by atoms with Crippen molar-refractivity contribution in [2.24, 2.45) is 0 Å². The van der Waals surface area contributed by atoms with Gasteiger partial charge in [-0.05, 0) is 85.2 Å². The number of carbonyl (C=O) groups is 1. The number of hydrogen-bond acceptors (Lipinski definition) is 3. The zero-order chi connectivity index (χ0) is 21.8. The predicted octanol–water partition coefficient (Wildman–Crippen LogP) is 5.82. The van der Waals surface area contributed by atoms with Crippen LogP contribution in [0.4, 0.5) is 5.69 Å². The van der Waals surface area contributed by atoms with Crippen LogP contribution in [0.3, 0.4) is 0 Å². The first-order chi connectivity index (χ1) is 15.7. The fraction of sp³-hybridized carbons (Fsp3) is 0.321. The maximum absolute atomic E-state index is 12.7. The van der Waals surface area contributed by atoms with Gasteiger partial charge in [-0.1, -0.05) is 36.4 Å². The van der Waals surface area contributed by atoms with Crippen LogP contribution in [0.1, 0.15) is 52.7 Å². The minimum atomic E-state index is -0.0899. The van der Waals surface area contributed by atoms with Gasteiger partial charge in [0.2, 0.25) is 0 Å². The van der Waals surface area contributed by atoms with Gasteiger partial charge < -0.3 is 10.1 Å². The van der Waals surface area contributed by atoms with Crippen LogP contribution in [-0.4, -0.2) is 23.5 Å². The molecule has 32 heavy (non-hydrogen) atoms. The smallest absolute Gasteiger partial charge is 0.255 e. The van der Waals surface area contributed by atoms with E-state index < -0.39 is 0 Å². The summed E-state index contributed by atoms with van der Waals surface area (Å²) in [4.78, 5) is 15.1. The van der Waals surface area contributed by atoms with Gasteiger partial charge in [-0.25, -0.2) is 0 Å². The van der Waals surface area contributed by atoms with Crippen LogP contribution < -0.4 is 10.1 Å². The fourth-order valence-electron chi connectivity index (χ4n) is 4.73. The summed E-state index contributed by atoms with van der Waals surface area (Å²) in [5, 5.41) is 2.99. The van der Waals surface area contributed by atoms with E-state index in [-0.39, 0.29) is 5.91 Å². The molecule has 0 unspecified atom stereocenters. The average Bonchev–Trinajstić information content (AvgIpc) is 3.34. The monoisotopic (exact) mass is 426 g/mol. The number of nitrogens with one attached hydrogen (secondary N) is 1. The topological polar surface area (TPSA) is 41.6 Å². The molecule has 1 heterocycles.